The molecular weight excluding hydrogens is 364 g/mol. The Bertz CT molecular complexity index is 834. The first-order valence-electron chi connectivity index (χ1n) is 10.4. The summed E-state index contributed by atoms with van der Waals surface area (Å²) < 4.78 is 5.46. The molecule has 0 N–H and O–H groups in total. The molecule has 0 bridgehead atoms. The Morgan fingerprint density at radius 1 is 1.03 bits per heavy atom. The standard InChI is InChI=1S/C23H30N4O2/c1-23(2)18-26(11-12-27(23)17-19-7-4-3-5-8-19)22(28)20-9-6-10-24-21(20)25-13-15-29-16-14-25/h3-10H,11-18H2,1-2H3. The largest absolute Gasteiger partial charge is 0.378 e. The van der Waals surface area contributed by atoms with Crippen molar-refractivity contribution in [2.45, 2.75) is 25.9 Å². The summed E-state index contributed by atoms with van der Waals surface area (Å²) in [5, 5.41) is 0. The Kier molecular flexibility index (Phi) is 5.83. The molecule has 6 heteroatoms. The minimum atomic E-state index is -0.0922. The fourth-order valence-corrected chi connectivity index (χ4v) is 4.22. The number of nitrogens with zero attached hydrogens (tertiary/aromatic N) is 4. The van der Waals surface area contributed by atoms with Gasteiger partial charge in [0.25, 0.3) is 5.91 Å². The number of piperazine rings is 1. The molecule has 154 valence electrons. The molecule has 4 rings (SSSR count). The van der Waals surface area contributed by atoms with Crippen LogP contribution in [0.1, 0.15) is 29.8 Å². The number of aromatic nitrogens is 1. The van der Waals surface area contributed by atoms with Gasteiger partial charge < -0.3 is 14.5 Å². The van der Waals surface area contributed by atoms with Crippen LogP contribution in [0.4, 0.5) is 5.82 Å². The summed E-state index contributed by atoms with van der Waals surface area (Å²) in [6.45, 7) is 10.5. The van der Waals surface area contributed by atoms with E-state index < -0.39 is 0 Å². The smallest absolute Gasteiger partial charge is 0.257 e. The van der Waals surface area contributed by atoms with Crippen molar-refractivity contribution in [1.29, 1.82) is 0 Å². The number of pyridine rings is 1. The Hall–Kier alpha value is -2.44. The summed E-state index contributed by atoms with van der Waals surface area (Å²) in [6.07, 6.45) is 1.77. The minimum absolute atomic E-state index is 0.0760. The van der Waals surface area contributed by atoms with Gasteiger partial charge in [0.05, 0.1) is 18.8 Å². The van der Waals surface area contributed by atoms with Crippen molar-refractivity contribution in [3.63, 3.8) is 0 Å². The molecule has 0 radical (unpaired) electrons. The second kappa shape index (κ2) is 8.51. The molecule has 0 aliphatic carbocycles. The Morgan fingerprint density at radius 2 is 1.79 bits per heavy atom. The second-order valence-electron chi connectivity index (χ2n) is 8.42. The van der Waals surface area contributed by atoms with Crippen LogP contribution >= 0.6 is 0 Å². The Balaban J connectivity index is 1.48. The lowest BCUT2D eigenvalue weighted by Crippen LogP contribution is -2.60. The average molecular weight is 395 g/mol. The molecule has 29 heavy (non-hydrogen) atoms. The van der Waals surface area contributed by atoms with E-state index in [-0.39, 0.29) is 11.4 Å². The molecule has 6 nitrogen and oxygen atoms in total. The zero-order chi connectivity index (χ0) is 20.3. The van der Waals surface area contributed by atoms with Crippen molar-refractivity contribution in [1.82, 2.24) is 14.8 Å². The number of anilines is 1. The fraction of sp³-hybridized carbons (Fsp3) is 0.478. The zero-order valence-corrected chi connectivity index (χ0v) is 17.4. The molecule has 2 aromatic rings. The van der Waals surface area contributed by atoms with Gasteiger partial charge in [0.1, 0.15) is 5.82 Å². The van der Waals surface area contributed by atoms with Crippen LogP contribution < -0.4 is 4.90 Å². The number of carbonyl (C=O) groups is 1. The first-order chi connectivity index (χ1) is 14.0. The predicted molar refractivity (Wildman–Crippen MR) is 114 cm³/mol. The Morgan fingerprint density at radius 3 is 2.52 bits per heavy atom. The van der Waals surface area contributed by atoms with Gasteiger partial charge in [-0.15, -0.1) is 0 Å². The van der Waals surface area contributed by atoms with Gasteiger partial charge in [-0.3, -0.25) is 9.69 Å². The van der Waals surface area contributed by atoms with Gasteiger partial charge in [-0.25, -0.2) is 4.98 Å². The van der Waals surface area contributed by atoms with Crippen LogP contribution in [0.5, 0.6) is 0 Å². The Labute approximate surface area is 173 Å². The molecule has 1 aromatic heterocycles. The van der Waals surface area contributed by atoms with E-state index >= 15 is 0 Å². The van der Waals surface area contributed by atoms with Crippen LogP contribution in [0.2, 0.25) is 0 Å². The third kappa shape index (κ3) is 4.43. The molecule has 2 aliphatic heterocycles. The third-order valence-corrected chi connectivity index (χ3v) is 5.90. The van der Waals surface area contributed by atoms with E-state index in [2.05, 4.69) is 52.9 Å². The van der Waals surface area contributed by atoms with E-state index in [1.165, 1.54) is 5.56 Å². The van der Waals surface area contributed by atoms with Crippen LogP contribution in [0.15, 0.2) is 48.7 Å². The van der Waals surface area contributed by atoms with Crippen molar-refractivity contribution in [3.05, 3.63) is 59.8 Å². The van der Waals surface area contributed by atoms with Crippen molar-refractivity contribution in [2.75, 3.05) is 50.8 Å². The summed E-state index contributed by atoms with van der Waals surface area (Å²) in [5.41, 5.74) is 1.91. The summed E-state index contributed by atoms with van der Waals surface area (Å²) in [7, 11) is 0. The maximum Gasteiger partial charge on any atom is 0.257 e. The van der Waals surface area contributed by atoms with E-state index in [0.29, 0.717) is 25.3 Å². The zero-order valence-electron chi connectivity index (χ0n) is 17.4. The van der Waals surface area contributed by atoms with Crippen molar-refractivity contribution in [2.24, 2.45) is 0 Å². The van der Waals surface area contributed by atoms with E-state index in [1.54, 1.807) is 6.20 Å². The highest BCUT2D eigenvalue weighted by molar-refractivity contribution is 5.99. The lowest BCUT2D eigenvalue weighted by molar-refractivity contribution is 0.0138. The van der Waals surface area contributed by atoms with Crippen LogP contribution in [0, 0.1) is 0 Å². The average Bonchev–Trinajstić information content (AvgIpc) is 2.76. The minimum Gasteiger partial charge on any atom is -0.378 e. The maximum atomic E-state index is 13.4. The fourth-order valence-electron chi connectivity index (χ4n) is 4.22. The molecule has 1 aromatic carbocycles. The molecule has 2 saturated heterocycles. The van der Waals surface area contributed by atoms with Crippen molar-refractivity contribution >= 4 is 11.7 Å². The number of ether oxygens (including phenoxy) is 1. The summed E-state index contributed by atoms with van der Waals surface area (Å²) in [6, 6.07) is 14.3. The molecule has 2 aliphatic rings. The van der Waals surface area contributed by atoms with Gasteiger partial charge in [0.2, 0.25) is 0 Å². The molecular formula is C23H30N4O2. The van der Waals surface area contributed by atoms with Gasteiger partial charge in [-0.2, -0.15) is 0 Å². The molecule has 3 heterocycles. The van der Waals surface area contributed by atoms with Crippen molar-refractivity contribution < 1.29 is 9.53 Å². The monoisotopic (exact) mass is 394 g/mol. The highest BCUT2D eigenvalue weighted by Gasteiger charge is 2.36. The summed E-state index contributed by atoms with van der Waals surface area (Å²) in [5.74, 6) is 0.859. The topological polar surface area (TPSA) is 48.9 Å². The SMILES string of the molecule is CC1(C)CN(C(=O)c2cccnc2N2CCOCC2)CCN1Cc1ccccc1. The molecule has 0 saturated carbocycles. The normalized spacial score (nSPS) is 19.9. The summed E-state index contributed by atoms with van der Waals surface area (Å²) in [4.78, 5) is 24.6. The second-order valence-corrected chi connectivity index (χ2v) is 8.42. The van der Waals surface area contributed by atoms with E-state index in [9.17, 15) is 4.79 Å². The number of morpholine rings is 1. The molecule has 0 unspecified atom stereocenters. The van der Waals surface area contributed by atoms with Crippen LogP contribution in [-0.2, 0) is 11.3 Å². The van der Waals surface area contributed by atoms with Gasteiger partial charge in [0, 0.05) is 51.0 Å². The van der Waals surface area contributed by atoms with Gasteiger partial charge in [-0.05, 0) is 31.5 Å². The highest BCUT2D eigenvalue weighted by atomic mass is 16.5. The van der Waals surface area contributed by atoms with Gasteiger partial charge in [0.15, 0.2) is 0 Å². The number of rotatable bonds is 4. The number of benzene rings is 1. The van der Waals surface area contributed by atoms with E-state index in [4.69, 9.17) is 4.74 Å². The van der Waals surface area contributed by atoms with Crippen LogP contribution in [-0.4, -0.2) is 72.2 Å². The van der Waals surface area contributed by atoms with Gasteiger partial charge in [-0.1, -0.05) is 30.3 Å². The number of carbonyl (C=O) groups excluding carboxylic acids is 1. The quantitative estimate of drug-likeness (QED) is 0.798. The lowest BCUT2D eigenvalue weighted by atomic mass is 9.97. The van der Waals surface area contributed by atoms with Gasteiger partial charge >= 0.3 is 0 Å². The predicted octanol–water partition coefficient (Wildman–Crippen LogP) is 2.65. The summed E-state index contributed by atoms with van der Waals surface area (Å²) >= 11 is 0. The molecule has 1 amide bonds. The van der Waals surface area contributed by atoms with E-state index in [1.807, 2.05) is 23.1 Å². The van der Waals surface area contributed by atoms with Crippen molar-refractivity contribution in [3.8, 4) is 0 Å². The van der Waals surface area contributed by atoms with E-state index in [0.717, 1.165) is 38.5 Å². The first-order valence-corrected chi connectivity index (χ1v) is 10.4. The highest BCUT2D eigenvalue weighted by Crippen LogP contribution is 2.26. The maximum absolute atomic E-state index is 13.4. The molecule has 2 fully saturated rings. The number of hydrogen-bond acceptors (Lipinski definition) is 5. The molecule has 0 atom stereocenters. The lowest BCUT2D eigenvalue weighted by Gasteiger charge is -2.47. The van der Waals surface area contributed by atoms with Crippen LogP contribution in [0.25, 0.3) is 0 Å². The number of hydrogen-bond donors (Lipinski definition) is 0. The van der Waals surface area contributed by atoms with Crippen LogP contribution in [0.3, 0.4) is 0 Å². The number of amides is 1. The third-order valence-electron chi connectivity index (χ3n) is 5.90. The first kappa shape index (κ1) is 19.9. The molecule has 0 spiro atoms.